The zero-order valence-electron chi connectivity index (χ0n) is 16.1. The molecule has 0 saturated heterocycles. The molecule has 4 aromatic rings. The van der Waals surface area contributed by atoms with Gasteiger partial charge >= 0.3 is 0 Å². The first kappa shape index (κ1) is 20.1. The Kier molecular flexibility index (Phi) is 5.83. The third-order valence-corrected chi connectivity index (χ3v) is 5.87. The second-order valence-electron chi connectivity index (χ2n) is 6.64. The fraction of sp³-hybridized carbons (Fsp3) is 0.136. The number of benzene rings is 2. The maximum atomic E-state index is 12.8. The summed E-state index contributed by atoms with van der Waals surface area (Å²) in [6.07, 6.45) is 1.42. The highest BCUT2D eigenvalue weighted by Gasteiger charge is 2.14. The molecule has 6 nitrogen and oxygen atoms in total. The van der Waals surface area contributed by atoms with Crippen molar-refractivity contribution < 1.29 is 9.53 Å². The first-order chi connectivity index (χ1) is 14.5. The minimum atomic E-state index is -0.261. The topological polar surface area (TPSA) is 73.2 Å². The lowest BCUT2D eigenvalue weighted by molar-refractivity contribution is -0.121. The quantitative estimate of drug-likeness (QED) is 0.490. The van der Waals surface area contributed by atoms with Crippen LogP contribution in [0.15, 0.2) is 65.0 Å². The van der Waals surface area contributed by atoms with Crippen LogP contribution in [0.4, 0.5) is 0 Å². The minimum absolute atomic E-state index is 0.0912. The van der Waals surface area contributed by atoms with Crippen LogP contribution in [-0.4, -0.2) is 22.6 Å². The molecule has 0 aliphatic rings. The summed E-state index contributed by atoms with van der Waals surface area (Å²) in [4.78, 5) is 29.6. The average Bonchev–Trinajstić information content (AvgIpc) is 3.20. The van der Waals surface area contributed by atoms with Crippen molar-refractivity contribution in [1.29, 1.82) is 0 Å². The van der Waals surface area contributed by atoms with Crippen LogP contribution < -0.4 is 15.6 Å². The van der Waals surface area contributed by atoms with E-state index in [1.54, 1.807) is 19.2 Å². The standard InChI is InChI=1S/C22H18ClN3O3S/c1-29-17-8-2-14(3-9-17)10-24-19(27)11-26-13-25-20-18(12-30-21(20)22(26)28)15-4-6-16(23)7-5-15/h2-9,12-13H,10-11H2,1H3,(H,24,27). The van der Waals surface area contributed by atoms with Crippen molar-refractivity contribution >= 4 is 39.1 Å². The van der Waals surface area contributed by atoms with E-state index < -0.39 is 0 Å². The summed E-state index contributed by atoms with van der Waals surface area (Å²) in [6, 6.07) is 14.8. The first-order valence-corrected chi connectivity index (χ1v) is 10.4. The lowest BCUT2D eigenvalue weighted by Crippen LogP contribution is -2.31. The zero-order chi connectivity index (χ0) is 21.1. The lowest BCUT2D eigenvalue weighted by Gasteiger charge is -2.08. The van der Waals surface area contributed by atoms with E-state index in [9.17, 15) is 9.59 Å². The number of nitrogens with zero attached hydrogens (tertiary/aromatic N) is 2. The van der Waals surface area contributed by atoms with E-state index >= 15 is 0 Å². The monoisotopic (exact) mass is 439 g/mol. The number of hydrogen-bond donors (Lipinski definition) is 1. The van der Waals surface area contributed by atoms with Crippen LogP contribution in [0.1, 0.15) is 5.56 Å². The maximum Gasteiger partial charge on any atom is 0.271 e. The number of rotatable bonds is 6. The van der Waals surface area contributed by atoms with Gasteiger partial charge in [-0.15, -0.1) is 11.3 Å². The molecule has 0 atom stereocenters. The Labute approximate surface area is 181 Å². The second-order valence-corrected chi connectivity index (χ2v) is 7.95. The van der Waals surface area contributed by atoms with Crippen LogP contribution in [0.25, 0.3) is 21.3 Å². The highest BCUT2D eigenvalue weighted by atomic mass is 35.5. The van der Waals surface area contributed by atoms with Crippen molar-refractivity contribution in [3.05, 3.63) is 81.2 Å². The molecule has 1 amide bonds. The number of ether oxygens (including phenoxy) is 1. The highest BCUT2D eigenvalue weighted by molar-refractivity contribution is 7.17. The number of fused-ring (bicyclic) bond motifs is 1. The van der Waals surface area contributed by atoms with E-state index in [4.69, 9.17) is 16.3 Å². The summed E-state index contributed by atoms with van der Waals surface area (Å²) >= 11 is 7.28. The number of carbonyl (C=O) groups excluding carboxylic acids is 1. The van der Waals surface area contributed by atoms with E-state index in [-0.39, 0.29) is 18.0 Å². The Balaban J connectivity index is 1.49. The van der Waals surface area contributed by atoms with Crippen molar-refractivity contribution in [3.63, 3.8) is 0 Å². The van der Waals surface area contributed by atoms with Crippen molar-refractivity contribution in [1.82, 2.24) is 14.9 Å². The van der Waals surface area contributed by atoms with Gasteiger partial charge in [-0.2, -0.15) is 0 Å². The summed E-state index contributed by atoms with van der Waals surface area (Å²) in [5.74, 6) is 0.494. The molecule has 4 rings (SSSR count). The Morgan fingerprint density at radius 1 is 1.17 bits per heavy atom. The molecule has 0 saturated carbocycles. The Morgan fingerprint density at radius 2 is 1.90 bits per heavy atom. The first-order valence-electron chi connectivity index (χ1n) is 9.17. The zero-order valence-corrected chi connectivity index (χ0v) is 17.7. The molecule has 2 heterocycles. The van der Waals surface area contributed by atoms with Crippen LogP contribution in [0.5, 0.6) is 5.75 Å². The summed E-state index contributed by atoms with van der Waals surface area (Å²) in [6.45, 7) is 0.277. The summed E-state index contributed by atoms with van der Waals surface area (Å²) < 4.78 is 6.97. The summed E-state index contributed by atoms with van der Waals surface area (Å²) in [5, 5.41) is 5.37. The van der Waals surface area contributed by atoms with Gasteiger partial charge in [-0.3, -0.25) is 14.2 Å². The Morgan fingerprint density at radius 3 is 2.60 bits per heavy atom. The lowest BCUT2D eigenvalue weighted by atomic mass is 10.1. The van der Waals surface area contributed by atoms with Crippen LogP contribution >= 0.6 is 22.9 Å². The normalized spacial score (nSPS) is 10.9. The molecular formula is C22H18ClN3O3S. The largest absolute Gasteiger partial charge is 0.497 e. The molecule has 0 bridgehead atoms. The molecular weight excluding hydrogens is 422 g/mol. The number of nitrogens with one attached hydrogen (secondary N) is 1. The van der Waals surface area contributed by atoms with Gasteiger partial charge < -0.3 is 10.1 Å². The van der Waals surface area contributed by atoms with Gasteiger partial charge in [0.15, 0.2) is 0 Å². The average molecular weight is 440 g/mol. The maximum absolute atomic E-state index is 12.8. The van der Waals surface area contributed by atoms with Gasteiger partial charge in [-0.1, -0.05) is 35.9 Å². The molecule has 0 spiro atoms. The molecule has 0 radical (unpaired) electrons. The molecule has 152 valence electrons. The van der Waals surface area contributed by atoms with Crippen molar-refractivity contribution in [2.75, 3.05) is 7.11 Å². The number of carbonyl (C=O) groups is 1. The molecule has 0 fully saturated rings. The predicted molar refractivity (Wildman–Crippen MR) is 119 cm³/mol. The molecule has 0 aliphatic carbocycles. The Bertz CT molecular complexity index is 1250. The van der Waals surface area contributed by atoms with E-state index in [1.807, 2.05) is 41.8 Å². The minimum Gasteiger partial charge on any atom is -0.497 e. The smallest absolute Gasteiger partial charge is 0.271 e. The number of halogens is 1. The second kappa shape index (κ2) is 8.69. The van der Waals surface area contributed by atoms with E-state index in [0.29, 0.717) is 21.8 Å². The molecule has 30 heavy (non-hydrogen) atoms. The fourth-order valence-electron chi connectivity index (χ4n) is 3.04. The third kappa shape index (κ3) is 4.22. The van der Waals surface area contributed by atoms with Gasteiger partial charge in [0.2, 0.25) is 5.91 Å². The van der Waals surface area contributed by atoms with E-state index in [0.717, 1.165) is 22.4 Å². The van der Waals surface area contributed by atoms with Crippen molar-refractivity contribution in [2.24, 2.45) is 0 Å². The van der Waals surface area contributed by atoms with Crippen LogP contribution in [0, 0.1) is 0 Å². The predicted octanol–water partition coefficient (Wildman–Crippen LogP) is 4.10. The van der Waals surface area contributed by atoms with E-state index in [1.165, 1.54) is 22.2 Å². The van der Waals surface area contributed by atoms with Gasteiger partial charge in [0.1, 0.15) is 17.0 Å². The van der Waals surface area contributed by atoms with Crippen LogP contribution in [-0.2, 0) is 17.9 Å². The number of methoxy groups -OCH3 is 1. The van der Waals surface area contributed by atoms with E-state index in [2.05, 4.69) is 10.3 Å². The Hall–Kier alpha value is -3.16. The highest BCUT2D eigenvalue weighted by Crippen LogP contribution is 2.31. The number of amides is 1. The number of hydrogen-bond acceptors (Lipinski definition) is 5. The van der Waals surface area contributed by atoms with Gasteiger partial charge in [0, 0.05) is 22.5 Å². The molecule has 0 unspecified atom stereocenters. The van der Waals surface area contributed by atoms with Crippen LogP contribution in [0.2, 0.25) is 5.02 Å². The summed E-state index contributed by atoms with van der Waals surface area (Å²) in [7, 11) is 1.60. The molecule has 2 aromatic carbocycles. The van der Waals surface area contributed by atoms with Gasteiger partial charge in [0.25, 0.3) is 5.56 Å². The molecule has 1 N–H and O–H groups in total. The van der Waals surface area contributed by atoms with Crippen molar-refractivity contribution in [2.45, 2.75) is 13.1 Å². The van der Waals surface area contributed by atoms with Crippen LogP contribution in [0.3, 0.4) is 0 Å². The molecule has 0 aliphatic heterocycles. The van der Waals surface area contributed by atoms with Gasteiger partial charge in [-0.25, -0.2) is 4.98 Å². The third-order valence-electron chi connectivity index (χ3n) is 4.66. The molecule has 2 aromatic heterocycles. The number of aromatic nitrogens is 2. The SMILES string of the molecule is COc1ccc(CNC(=O)Cn2cnc3c(-c4ccc(Cl)cc4)csc3c2=O)cc1. The summed E-state index contributed by atoms with van der Waals surface area (Å²) in [5.41, 5.74) is 3.15. The van der Waals surface area contributed by atoms with Gasteiger partial charge in [-0.05, 0) is 35.4 Å². The van der Waals surface area contributed by atoms with Crippen molar-refractivity contribution in [3.8, 4) is 16.9 Å². The van der Waals surface area contributed by atoms with Gasteiger partial charge in [0.05, 0.1) is 19.0 Å². The molecule has 8 heteroatoms. The fourth-order valence-corrected chi connectivity index (χ4v) is 4.15. The number of thiophene rings is 1.